The van der Waals surface area contributed by atoms with Crippen molar-refractivity contribution in [3.63, 3.8) is 0 Å². The molecule has 0 radical (unpaired) electrons. The van der Waals surface area contributed by atoms with E-state index in [4.69, 9.17) is 11.6 Å². The van der Waals surface area contributed by atoms with Gasteiger partial charge in [0.25, 0.3) is 0 Å². The average Bonchev–Trinajstić information content (AvgIpc) is 2.72. The zero-order valence-electron chi connectivity index (χ0n) is 9.29. The van der Waals surface area contributed by atoms with Crippen LogP contribution < -0.4 is 5.32 Å². The number of halogens is 1. The molecule has 0 aliphatic rings. The van der Waals surface area contributed by atoms with Crippen molar-refractivity contribution in [3.8, 4) is 0 Å². The van der Waals surface area contributed by atoms with Crippen LogP contribution >= 0.6 is 11.6 Å². The maximum atomic E-state index is 11.0. The summed E-state index contributed by atoms with van der Waals surface area (Å²) in [4.78, 5) is 14.2. The molecule has 0 unspecified atom stereocenters. The Labute approximate surface area is 104 Å². The van der Waals surface area contributed by atoms with Crippen LogP contribution in [0, 0.1) is 0 Å². The molecule has 2 N–H and O–H groups in total. The lowest BCUT2D eigenvalue weighted by Crippen LogP contribution is -2.23. The molecule has 1 aromatic heterocycles. The highest BCUT2D eigenvalue weighted by Crippen LogP contribution is 2.22. The standard InChI is InChI=1S/C13H13ClN2O/c1-2-13(17)15-6-5-9-8-16-12-4-3-10(14)7-11(9)12/h2-4,7-8,16H,1,5-6H2,(H,15,17). The monoisotopic (exact) mass is 248 g/mol. The number of benzene rings is 1. The second kappa shape index (κ2) is 5.06. The largest absolute Gasteiger partial charge is 0.361 e. The second-order valence-electron chi connectivity index (χ2n) is 3.75. The van der Waals surface area contributed by atoms with Gasteiger partial charge in [-0.25, -0.2) is 0 Å². The Bertz CT molecular complexity index is 560. The summed E-state index contributed by atoms with van der Waals surface area (Å²) in [6.07, 6.45) is 3.98. The minimum absolute atomic E-state index is 0.150. The summed E-state index contributed by atoms with van der Waals surface area (Å²) in [7, 11) is 0. The Morgan fingerprint density at radius 3 is 3.12 bits per heavy atom. The number of aromatic amines is 1. The average molecular weight is 249 g/mol. The number of hydrogen-bond acceptors (Lipinski definition) is 1. The van der Waals surface area contributed by atoms with Crippen molar-refractivity contribution in [1.82, 2.24) is 10.3 Å². The zero-order chi connectivity index (χ0) is 12.3. The smallest absolute Gasteiger partial charge is 0.243 e. The third kappa shape index (κ3) is 2.68. The summed E-state index contributed by atoms with van der Waals surface area (Å²) in [5.41, 5.74) is 2.20. The van der Waals surface area contributed by atoms with Crippen LogP contribution in [-0.2, 0) is 11.2 Å². The molecule has 0 spiro atoms. The van der Waals surface area contributed by atoms with Crippen LogP contribution in [0.2, 0.25) is 5.02 Å². The number of nitrogens with one attached hydrogen (secondary N) is 2. The van der Waals surface area contributed by atoms with Crippen molar-refractivity contribution < 1.29 is 4.79 Å². The van der Waals surface area contributed by atoms with Gasteiger partial charge in [0, 0.05) is 28.7 Å². The first kappa shape index (κ1) is 11.7. The number of hydrogen-bond donors (Lipinski definition) is 2. The lowest BCUT2D eigenvalue weighted by atomic mass is 10.1. The van der Waals surface area contributed by atoms with E-state index < -0.39 is 0 Å². The molecule has 2 aromatic rings. The highest BCUT2D eigenvalue weighted by atomic mass is 35.5. The molecule has 0 aliphatic carbocycles. The lowest BCUT2D eigenvalue weighted by molar-refractivity contribution is -0.116. The molecule has 1 amide bonds. The molecule has 0 saturated carbocycles. The molecular formula is C13H13ClN2O. The van der Waals surface area contributed by atoms with E-state index in [2.05, 4.69) is 16.9 Å². The van der Waals surface area contributed by atoms with Crippen LogP contribution in [0.4, 0.5) is 0 Å². The van der Waals surface area contributed by atoms with Crippen molar-refractivity contribution in [2.45, 2.75) is 6.42 Å². The number of rotatable bonds is 4. The summed E-state index contributed by atoms with van der Waals surface area (Å²) >= 11 is 5.96. The van der Waals surface area contributed by atoms with Crippen LogP contribution in [-0.4, -0.2) is 17.4 Å². The fraction of sp³-hybridized carbons (Fsp3) is 0.154. The first-order valence-electron chi connectivity index (χ1n) is 5.36. The molecule has 0 fully saturated rings. The maximum Gasteiger partial charge on any atom is 0.243 e. The number of carbonyl (C=O) groups is 1. The first-order valence-corrected chi connectivity index (χ1v) is 5.74. The number of aromatic nitrogens is 1. The first-order chi connectivity index (χ1) is 8.20. The van der Waals surface area contributed by atoms with Crippen molar-refractivity contribution in [2.75, 3.05) is 6.54 Å². The molecule has 2 rings (SSSR count). The Morgan fingerprint density at radius 1 is 1.53 bits per heavy atom. The molecule has 3 nitrogen and oxygen atoms in total. The quantitative estimate of drug-likeness (QED) is 0.803. The lowest BCUT2D eigenvalue weighted by Gasteiger charge is -2.01. The topological polar surface area (TPSA) is 44.9 Å². The molecule has 4 heteroatoms. The number of amides is 1. The van der Waals surface area contributed by atoms with E-state index in [-0.39, 0.29) is 5.91 Å². The van der Waals surface area contributed by atoms with Crippen LogP contribution in [0.5, 0.6) is 0 Å². The Balaban J connectivity index is 2.11. The highest BCUT2D eigenvalue weighted by molar-refractivity contribution is 6.31. The van der Waals surface area contributed by atoms with Gasteiger partial charge in [-0.3, -0.25) is 4.79 Å². The van der Waals surface area contributed by atoms with Gasteiger partial charge in [-0.1, -0.05) is 18.2 Å². The minimum Gasteiger partial charge on any atom is -0.361 e. The summed E-state index contributed by atoms with van der Waals surface area (Å²) in [5.74, 6) is -0.150. The minimum atomic E-state index is -0.150. The second-order valence-corrected chi connectivity index (χ2v) is 4.19. The zero-order valence-corrected chi connectivity index (χ0v) is 10.1. The van der Waals surface area contributed by atoms with E-state index in [9.17, 15) is 4.79 Å². The van der Waals surface area contributed by atoms with Crippen LogP contribution in [0.15, 0.2) is 37.1 Å². The molecule has 1 heterocycles. The fourth-order valence-corrected chi connectivity index (χ4v) is 1.92. The van der Waals surface area contributed by atoms with E-state index in [0.717, 1.165) is 22.9 Å². The van der Waals surface area contributed by atoms with Gasteiger partial charge in [0.05, 0.1) is 0 Å². The molecular weight excluding hydrogens is 236 g/mol. The van der Waals surface area contributed by atoms with Gasteiger partial charge < -0.3 is 10.3 Å². The molecule has 88 valence electrons. The highest BCUT2D eigenvalue weighted by Gasteiger charge is 2.04. The van der Waals surface area contributed by atoms with E-state index in [1.807, 2.05) is 24.4 Å². The van der Waals surface area contributed by atoms with Gasteiger partial charge in [-0.2, -0.15) is 0 Å². The van der Waals surface area contributed by atoms with Crippen molar-refractivity contribution in [3.05, 3.63) is 47.6 Å². The Hall–Kier alpha value is -1.74. The van der Waals surface area contributed by atoms with E-state index >= 15 is 0 Å². The van der Waals surface area contributed by atoms with Crippen LogP contribution in [0.25, 0.3) is 10.9 Å². The van der Waals surface area contributed by atoms with Gasteiger partial charge >= 0.3 is 0 Å². The fourth-order valence-electron chi connectivity index (χ4n) is 1.75. The summed E-state index contributed by atoms with van der Waals surface area (Å²) in [6, 6.07) is 5.73. The van der Waals surface area contributed by atoms with Gasteiger partial charge in [-0.05, 0) is 36.3 Å². The molecule has 0 bridgehead atoms. The maximum absolute atomic E-state index is 11.0. The van der Waals surface area contributed by atoms with Gasteiger partial charge in [-0.15, -0.1) is 0 Å². The molecule has 0 saturated heterocycles. The van der Waals surface area contributed by atoms with E-state index in [0.29, 0.717) is 11.6 Å². The van der Waals surface area contributed by atoms with Crippen molar-refractivity contribution in [1.29, 1.82) is 0 Å². The molecule has 1 aromatic carbocycles. The van der Waals surface area contributed by atoms with Crippen molar-refractivity contribution >= 4 is 28.4 Å². The molecule has 0 atom stereocenters. The van der Waals surface area contributed by atoms with Gasteiger partial charge in [0.15, 0.2) is 0 Å². The molecule has 17 heavy (non-hydrogen) atoms. The van der Waals surface area contributed by atoms with Crippen LogP contribution in [0.1, 0.15) is 5.56 Å². The van der Waals surface area contributed by atoms with Crippen molar-refractivity contribution in [2.24, 2.45) is 0 Å². The van der Waals surface area contributed by atoms with Crippen LogP contribution in [0.3, 0.4) is 0 Å². The third-order valence-corrected chi connectivity index (χ3v) is 2.84. The van der Waals surface area contributed by atoms with E-state index in [1.165, 1.54) is 6.08 Å². The van der Waals surface area contributed by atoms with E-state index in [1.54, 1.807) is 0 Å². The predicted octanol–water partition coefficient (Wildman–Crippen LogP) is 2.67. The Kier molecular flexibility index (Phi) is 3.49. The third-order valence-electron chi connectivity index (χ3n) is 2.61. The SMILES string of the molecule is C=CC(=O)NCCc1c[nH]c2ccc(Cl)cc12. The number of carbonyl (C=O) groups excluding carboxylic acids is 1. The van der Waals surface area contributed by atoms with Gasteiger partial charge in [0.2, 0.25) is 5.91 Å². The number of H-pyrrole nitrogens is 1. The summed E-state index contributed by atoms with van der Waals surface area (Å²) < 4.78 is 0. The summed E-state index contributed by atoms with van der Waals surface area (Å²) in [5, 5.41) is 4.56. The predicted molar refractivity (Wildman–Crippen MR) is 70.2 cm³/mol. The Morgan fingerprint density at radius 2 is 2.35 bits per heavy atom. The van der Waals surface area contributed by atoms with Gasteiger partial charge in [0.1, 0.15) is 0 Å². The molecule has 0 aliphatic heterocycles. The summed E-state index contributed by atoms with van der Waals surface area (Å²) in [6.45, 7) is 3.99. The number of fused-ring (bicyclic) bond motifs is 1. The normalized spacial score (nSPS) is 10.4.